The highest BCUT2D eigenvalue weighted by molar-refractivity contribution is 7.91. The number of hydrogen-bond acceptors (Lipinski definition) is 8. The third-order valence-corrected chi connectivity index (χ3v) is 6.06. The zero-order valence-corrected chi connectivity index (χ0v) is 15.1. The molecule has 0 bridgehead atoms. The van der Waals surface area contributed by atoms with Crippen molar-refractivity contribution >= 4 is 32.4 Å². The fourth-order valence-corrected chi connectivity index (χ4v) is 4.39. The van der Waals surface area contributed by atoms with E-state index in [0.29, 0.717) is 24.7 Å². The van der Waals surface area contributed by atoms with Gasteiger partial charge in [0.2, 0.25) is 15.4 Å². The largest absolute Gasteiger partial charge is 0.486 e. The fourth-order valence-electron chi connectivity index (χ4n) is 2.20. The molecule has 1 unspecified atom stereocenters. The van der Waals surface area contributed by atoms with Crippen molar-refractivity contribution in [3.63, 3.8) is 0 Å². The van der Waals surface area contributed by atoms with Gasteiger partial charge in [0.15, 0.2) is 11.5 Å². The lowest BCUT2D eigenvalue weighted by Crippen LogP contribution is -2.27. The number of anilines is 1. The van der Waals surface area contributed by atoms with Gasteiger partial charge in [0.25, 0.3) is 10.0 Å². The van der Waals surface area contributed by atoms with Crippen LogP contribution in [-0.2, 0) is 14.8 Å². The standard InChI is InChI=1S/C14H16N4O5S2/c1-8(10-3-4-11-12(7-10)23-6-5-22-11)18-25(20,21)14-17-16-13(24-14)15-9(2)19/h3-4,7-8,18H,5-6H2,1-2H3,(H,15,16,19). The van der Waals surface area contributed by atoms with E-state index in [4.69, 9.17) is 9.47 Å². The number of amides is 1. The van der Waals surface area contributed by atoms with Crippen LogP contribution < -0.4 is 19.5 Å². The number of aromatic nitrogens is 2. The molecule has 2 aromatic rings. The molecule has 1 amide bonds. The van der Waals surface area contributed by atoms with Gasteiger partial charge in [-0.25, -0.2) is 13.1 Å². The summed E-state index contributed by atoms with van der Waals surface area (Å²) in [6, 6.07) is 4.73. The normalized spacial score (nSPS) is 14.8. The van der Waals surface area contributed by atoms with Gasteiger partial charge >= 0.3 is 0 Å². The van der Waals surface area contributed by atoms with E-state index in [-0.39, 0.29) is 15.4 Å². The maximum atomic E-state index is 12.4. The van der Waals surface area contributed by atoms with Crippen LogP contribution in [-0.4, -0.2) is 37.7 Å². The highest BCUT2D eigenvalue weighted by Crippen LogP contribution is 2.33. The molecule has 1 aliphatic heterocycles. The molecule has 0 saturated heterocycles. The molecule has 2 N–H and O–H groups in total. The van der Waals surface area contributed by atoms with Gasteiger partial charge in [-0.2, -0.15) is 0 Å². The number of ether oxygens (including phenoxy) is 2. The smallest absolute Gasteiger partial charge is 0.270 e. The SMILES string of the molecule is CC(=O)Nc1nnc(S(=O)(=O)NC(C)c2ccc3c(c2)OCCO3)s1. The van der Waals surface area contributed by atoms with Gasteiger partial charge in [0.05, 0.1) is 0 Å². The van der Waals surface area contributed by atoms with Crippen molar-refractivity contribution in [2.75, 3.05) is 18.5 Å². The topological polar surface area (TPSA) is 120 Å². The zero-order chi connectivity index (χ0) is 18.0. The molecular formula is C14H16N4O5S2. The summed E-state index contributed by atoms with van der Waals surface area (Å²) in [5, 5.41) is 9.78. The van der Waals surface area contributed by atoms with Crippen LogP contribution in [0.15, 0.2) is 22.5 Å². The number of sulfonamides is 1. The Kier molecular flexibility index (Phi) is 4.88. The van der Waals surface area contributed by atoms with Crippen LogP contribution in [0.1, 0.15) is 25.5 Å². The van der Waals surface area contributed by atoms with E-state index in [9.17, 15) is 13.2 Å². The monoisotopic (exact) mass is 384 g/mol. The predicted molar refractivity (Wildman–Crippen MR) is 90.4 cm³/mol. The van der Waals surface area contributed by atoms with Crippen molar-refractivity contribution in [3.05, 3.63) is 23.8 Å². The lowest BCUT2D eigenvalue weighted by molar-refractivity contribution is -0.114. The average Bonchev–Trinajstić information content (AvgIpc) is 3.02. The Morgan fingerprint density at radius 1 is 1.24 bits per heavy atom. The molecular weight excluding hydrogens is 368 g/mol. The molecule has 1 aliphatic rings. The van der Waals surface area contributed by atoms with Crippen LogP contribution in [0.2, 0.25) is 0 Å². The van der Waals surface area contributed by atoms with Gasteiger partial charge in [0.1, 0.15) is 13.2 Å². The molecule has 9 nitrogen and oxygen atoms in total. The second-order valence-electron chi connectivity index (χ2n) is 5.30. The van der Waals surface area contributed by atoms with Gasteiger partial charge in [-0.15, -0.1) is 10.2 Å². The maximum absolute atomic E-state index is 12.4. The minimum Gasteiger partial charge on any atom is -0.486 e. The minimum absolute atomic E-state index is 0.125. The Labute approximate surface area is 148 Å². The Balaban J connectivity index is 1.76. The zero-order valence-electron chi connectivity index (χ0n) is 13.5. The second-order valence-corrected chi connectivity index (χ2v) is 8.17. The summed E-state index contributed by atoms with van der Waals surface area (Å²) >= 11 is 0.779. The molecule has 0 fully saturated rings. The Bertz CT molecular complexity index is 896. The van der Waals surface area contributed by atoms with E-state index < -0.39 is 16.1 Å². The first-order valence-corrected chi connectivity index (χ1v) is 9.68. The highest BCUT2D eigenvalue weighted by atomic mass is 32.2. The van der Waals surface area contributed by atoms with Crippen molar-refractivity contribution in [3.8, 4) is 11.5 Å². The molecule has 0 saturated carbocycles. The number of benzene rings is 1. The summed E-state index contributed by atoms with van der Waals surface area (Å²) in [6.45, 7) is 3.95. The third-order valence-electron chi connectivity index (χ3n) is 3.32. The lowest BCUT2D eigenvalue weighted by atomic mass is 10.1. The molecule has 25 heavy (non-hydrogen) atoms. The number of nitrogens with one attached hydrogen (secondary N) is 2. The highest BCUT2D eigenvalue weighted by Gasteiger charge is 2.24. The van der Waals surface area contributed by atoms with E-state index in [0.717, 1.165) is 16.9 Å². The quantitative estimate of drug-likeness (QED) is 0.746. The van der Waals surface area contributed by atoms with Crippen LogP contribution in [0.25, 0.3) is 0 Å². The van der Waals surface area contributed by atoms with Crippen molar-refractivity contribution in [1.82, 2.24) is 14.9 Å². The maximum Gasteiger partial charge on any atom is 0.270 e. The summed E-state index contributed by atoms with van der Waals surface area (Å²) in [7, 11) is -3.87. The first-order valence-electron chi connectivity index (χ1n) is 7.38. The van der Waals surface area contributed by atoms with Crippen molar-refractivity contribution in [2.24, 2.45) is 0 Å². The molecule has 1 atom stereocenters. The Morgan fingerprint density at radius 3 is 2.68 bits per heavy atom. The molecule has 2 heterocycles. The van der Waals surface area contributed by atoms with Gasteiger partial charge in [-0.05, 0) is 24.6 Å². The number of nitrogens with zero attached hydrogens (tertiary/aromatic N) is 2. The number of rotatable bonds is 5. The summed E-state index contributed by atoms with van der Waals surface area (Å²) in [5.74, 6) is 0.866. The number of hydrogen-bond donors (Lipinski definition) is 2. The first kappa shape index (κ1) is 17.6. The van der Waals surface area contributed by atoms with E-state index >= 15 is 0 Å². The van der Waals surface area contributed by atoms with Crippen molar-refractivity contribution in [2.45, 2.75) is 24.2 Å². The first-order chi connectivity index (χ1) is 11.8. The lowest BCUT2D eigenvalue weighted by Gasteiger charge is -2.20. The van der Waals surface area contributed by atoms with E-state index in [1.807, 2.05) is 0 Å². The second kappa shape index (κ2) is 6.94. The van der Waals surface area contributed by atoms with Crippen LogP contribution in [0, 0.1) is 0 Å². The molecule has 0 spiro atoms. The number of carbonyl (C=O) groups excluding carboxylic acids is 1. The summed E-state index contributed by atoms with van der Waals surface area (Å²) < 4.78 is 38.1. The van der Waals surface area contributed by atoms with E-state index in [1.165, 1.54) is 6.92 Å². The summed E-state index contributed by atoms with van der Waals surface area (Å²) in [5.41, 5.74) is 0.722. The molecule has 0 aliphatic carbocycles. The van der Waals surface area contributed by atoms with Crippen LogP contribution in [0.4, 0.5) is 5.13 Å². The van der Waals surface area contributed by atoms with Crippen molar-refractivity contribution in [1.29, 1.82) is 0 Å². The predicted octanol–water partition coefficient (Wildman–Crippen LogP) is 1.31. The molecule has 0 radical (unpaired) electrons. The van der Waals surface area contributed by atoms with Gasteiger partial charge in [-0.1, -0.05) is 17.4 Å². The van der Waals surface area contributed by atoms with E-state index in [1.54, 1.807) is 25.1 Å². The van der Waals surface area contributed by atoms with Crippen LogP contribution in [0.5, 0.6) is 11.5 Å². The van der Waals surface area contributed by atoms with E-state index in [2.05, 4.69) is 20.2 Å². The summed E-state index contributed by atoms with van der Waals surface area (Å²) in [6.07, 6.45) is 0. The Hall–Kier alpha value is -2.24. The Morgan fingerprint density at radius 2 is 1.96 bits per heavy atom. The fraction of sp³-hybridized carbons (Fsp3) is 0.357. The molecule has 1 aromatic heterocycles. The van der Waals surface area contributed by atoms with Crippen molar-refractivity contribution < 1.29 is 22.7 Å². The van der Waals surface area contributed by atoms with Gasteiger partial charge in [-0.3, -0.25) is 4.79 Å². The molecule has 3 rings (SSSR count). The third kappa shape index (κ3) is 4.06. The number of carbonyl (C=O) groups is 1. The molecule has 134 valence electrons. The number of fused-ring (bicyclic) bond motifs is 1. The molecule has 11 heteroatoms. The summed E-state index contributed by atoms with van der Waals surface area (Å²) in [4.78, 5) is 11.0. The average molecular weight is 384 g/mol. The minimum atomic E-state index is -3.87. The van der Waals surface area contributed by atoms with Crippen LogP contribution >= 0.6 is 11.3 Å². The van der Waals surface area contributed by atoms with Crippen LogP contribution in [0.3, 0.4) is 0 Å². The van der Waals surface area contributed by atoms with Gasteiger partial charge in [0, 0.05) is 13.0 Å². The molecule has 1 aromatic carbocycles. The van der Waals surface area contributed by atoms with Gasteiger partial charge < -0.3 is 14.8 Å².